The number of nitrogens with one attached hydrogen (secondary N) is 1. The second-order valence-electron chi connectivity index (χ2n) is 5.70. The van der Waals surface area contributed by atoms with Crippen LogP contribution in [0, 0.1) is 6.92 Å². The molecule has 1 N–H and O–H groups in total. The molecule has 4 nitrogen and oxygen atoms in total. The number of hydrogen-bond donors (Lipinski definition) is 1. The summed E-state index contributed by atoms with van der Waals surface area (Å²) in [6.45, 7) is 1.97. The van der Waals surface area contributed by atoms with E-state index in [1.54, 1.807) is 0 Å². The van der Waals surface area contributed by atoms with Crippen molar-refractivity contribution in [3.8, 4) is 22.5 Å². The van der Waals surface area contributed by atoms with Gasteiger partial charge in [-0.05, 0) is 42.3 Å². The Bertz CT molecular complexity index is 1030. The first-order valence-corrected chi connectivity index (χ1v) is 7.72. The van der Waals surface area contributed by atoms with Crippen molar-refractivity contribution in [2.75, 3.05) is 0 Å². The average molecular weight is 313 g/mol. The summed E-state index contributed by atoms with van der Waals surface area (Å²) in [6, 6.07) is 17.5. The van der Waals surface area contributed by atoms with Crippen LogP contribution in [0.15, 0.2) is 60.8 Å². The van der Waals surface area contributed by atoms with Crippen LogP contribution in [0.4, 0.5) is 0 Å². The van der Waals surface area contributed by atoms with Gasteiger partial charge >= 0.3 is 0 Å². The van der Waals surface area contributed by atoms with Crippen LogP contribution in [-0.4, -0.2) is 21.2 Å². The van der Waals surface area contributed by atoms with Crippen LogP contribution in [-0.2, 0) is 0 Å². The number of nitrogens with zero attached hydrogens (tertiary/aromatic N) is 2. The number of aldehydes is 1. The molecule has 3 heterocycles. The van der Waals surface area contributed by atoms with Crippen molar-refractivity contribution in [2.45, 2.75) is 6.92 Å². The summed E-state index contributed by atoms with van der Waals surface area (Å²) in [4.78, 5) is 23.3. The summed E-state index contributed by atoms with van der Waals surface area (Å²) in [6.07, 6.45) is 2.73. The molecular weight excluding hydrogens is 298 g/mol. The maximum atomic E-state index is 10.9. The molecular formula is C20H15N3O. The van der Waals surface area contributed by atoms with Gasteiger partial charge < -0.3 is 4.98 Å². The van der Waals surface area contributed by atoms with Gasteiger partial charge in [0.25, 0.3) is 0 Å². The van der Waals surface area contributed by atoms with Gasteiger partial charge in [0.05, 0.1) is 11.4 Å². The number of aryl methyl sites for hydroxylation is 1. The number of H-pyrrole nitrogens is 1. The molecule has 0 aliphatic rings. The third kappa shape index (κ3) is 2.48. The first kappa shape index (κ1) is 14.3. The zero-order valence-electron chi connectivity index (χ0n) is 13.2. The summed E-state index contributed by atoms with van der Waals surface area (Å²) >= 11 is 0. The zero-order valence-corrected chi connectivity index (χ0v) is 13.2. The van der Waals surface area contributed by atoms with Gasteiger partial charge in [0.15, 0.2) is 0 Å². The number of aromatic amines is 1. The van der Waals surface area contributed by atoms with Gasteiger partial charge in [-0.1, -0.05) is 30.3 Å². The molecule has 0 fully saturated rings. The number of hydrogen-bond acceptors (Lipinski definition) is 3. The fourth-order valence-corrected chi connectivity index (χ4v) is 2.83. The highest BCUT2D eigenvalue weighted by molar-refractivity contribution is 5.95. The lowest BCUT2D eigenvalue weighted by molar-refractivity contribution is 0.112. The summed E-state index contributed by atoms with van der Waals surface area (Å²) in [5.74, 6) is 0. The van der Waals surface area contributed by atoms with E-state index < -0.39 is 0 Å². The Kier molecular flexibility index (Phi) is 3.43. The molecule has 4 rings (SSSR count). The van der Waals surface area contributed by atoms with Gasteiger partial charge in [0.1, 0.15) is 11.9 Å². The molecule has 0 saturated heterocycles. The van der Waals surface area contributed by atoms with Gasteiger partial charge in [0, 0.05) is 22.8 Å². The van der Waals surface area contributed by atoms with Gasteiger partial charge in [-0.2, -0.15) is 0 Å². The SMILES string of the molecule is Cc1cccc(-c2cc(-c3ccc(C=O)cc3)c3cc[nH]c3n2)n1. The highest BCUT2D eigenvalue weighted by Crippen LogP contribution is 2.31. The second kappa shape index (κ2) is 5.74. The predicted octanol–water partition coefficient (Wildman–Crippen LogP) is 4.41. The Hall–Kier alpha value is -3.27. The minimum atomic E-state index is 0.665. The molecule has 4 aromatic rings. The Morgan fingerprint density at radius 3 is 2.54 bits per heavy atom. The maximum Gasteiger partial charge on any atom is 0.150 e. The van der Waals surface area contributed by atoms with E-state index in [4.69, 9.17) is 4.98 Å². The smallest absolute Gasteiger partial charge is 0.150 e. The molecule has 0 radical (unpaired) electrons. The van der Waals surface area contributed by atoms with E-state index in [1.807, 2.05) is 67.7 Å². The lowest BCUT2D eigenvalue weighted by Crippen LogP contribution is -1.92. The molecule has 1 aromatic carbocycles. The van der Waals surface area contributed by atoms with Gasteiger partial charge in [-0.15, -0.1) is 0 Å². The lowest BCUT2D eigenvalue weighted by atomic mass is 10.0. The molecule has 0 atom stereocenters. The van der Waals surface area contributed by atoms with Crippen molar-refractivity contribution in [1.29, 1.82) is 0 Å². The van der Waals surface area contributed by atoms with Crippen molar-refractivity contribution < 1.29 is 4.79 Å². The summed E-state index contributed by atoms with van der Waals surface area (Å²) in [5, 5.41) is 1.05. The number of fused-ring (bicyclic) bond motifs is 1. The van der Waals surface area contributed by atoms with Gasteiger partial charge in [0.2, 0.25) is 0 Å². The lowest BCUT2D eigenvalue weighted by Gasteiger charge is -2.08. The van der Waals surface area contributed by atoms with Gasteiger partial charge in [-0.25, -0.2) is 4.98 Å². The molecule has 0 unspecified atom stereocenters. The number of benzene rings is 1. The molecule has 24 heavy (non-hydrogen) atoms. The summed E-state index contributed by atoms with van der Waals surface area (Å²) in [7, 11) is 0. The third-order valence-corrected chi connectivity index (χ3v) is 4.04. The Labute approximate surface area is 139 Å². The molecule has 116 valence electrons. The molecule has 0 bridgehead atoms. The second-order valence-corrected chi connectivity index (χ2v) is 5.70. The molecule has 0 aliphatic heterocycles. The van der Waals surface area contributed by atoms with Crippen LogP contribution in [0.3, 0.4) is 0 Å². The standard InChI is InChI=1S/C20H15N3O/c1-13-3-2-4-18(22-13)19-11-17(16-9-10-21-20(16)23-19)15-7-5-14(12-24)6-8-15/h2-12H,1H3,(H,21,23). The van der Waals surface area contributed by atoms with E-state index in [1.165, 1.54) is 0 Å². The number of rotatable bonds is 3. The van der Waals surface area contributed by atoms with Crippen LogP contribution >= 0.6 is 0 Å². The van der Waals surface area contributed by atoms with Crippen molar-refractivity contribution in [2.24, 2.45) is 0 Å². The molecule has 3 aromatic heterocycles. The molecule has 0 aliphatic carbocycles. The Morgan fingerprint density at radius 1 is 0.958 bits per heavy atom. The van der Waals surface area contributed by atoms with Crippen LogP contribution in [0.1, 0.15) is 16.1 Å². The highest BCUT2D eigenvalue weighted by Gasteiger charge is 2.11. The van der Waals surface area contributed by atoms with E-state index in [0.717, 1.165) is 45.5 Å². The van der Waals surface area contributed by atoms with E-state index in [-0.39, 0.29) is 0 Å². The average Bonchev–Trinajstić information content (AvgIpc) is 3.09. The zero-order chi connectivity index (χ0) is 16.5. The van der Waals surface area contributed by atoms with Crippen LogP contribution < -0.4 is 0 Å². The van der Waals surface area contributed by atoms with Crippen molar-refractivity contribution >= 4 is 17.3 Å². The molecule has 0 saturated carbocycles. The third-order valence-electron chi connectivity index (χ3n) is 4.04. The number of carbonyl (C=O) groups is 1. The van der Waals surface area contributed by atoms with Gasteiger partial charge in [-0.3, -0.25) is 9.78 Å². The number of pyridine rings is 2. The Morgan fingerprint density at radius 2 is 1.79 bits per heavy atom. The number of carbonyl (C=O) groups excluding carboxylic acids is 1. The Balaban J connectivity index is 1.93. The molecule has 0 spiro atoms. The fourth-order valence-electron chi connectivity index (χ4n) is 2.83. The van der Waals surface area contributed by atoms with Crippen molar-refractivity contribution in [3.63, 3.8) is 0 Å². The van der Waals surface area contributed by atoms with Crippen molar-refractivity contribution in [1.82, 2.24) is 15.0 Å². The topological polar surface area (TPSA) is 58.6 Å². The van der Waals surface area contributed by atoms with E-state index in [0.29, 0.717) is 5.56 Å². The molecule has 0 amide bonds. The number of aromatic nitrogens is 3. The fraction of sp³-hybridized carbons (Fsp3) is 0.0500. The highest BCUT2D eigenvalue weighted by atomic mass is 16.1. The predicted molar refractivity (Wildman–Crippen MR) is 94.9 cm³/mol. The van der Waals surface area contributed by atoms with E-state index in [2.05, 4.69) is 9.97 Å². The van der Waals surface area contributed by atoms with E-state index >= 15 is 0 Å². The van der Waals surface area contributed by atoms with Crippen molar-refractivity contribution in [3.05, 3.63) is 72.1 Å². The minimum absolute atomic E-state index is 0.665. The quantitative estimate of drug-likeness (QED) is 0.570. The normalized spacial score (nSPS) is 10.9. The minimum Gasteiger partial charge on any atom is -0.346 e. The van der Waals surface area contributed by atoms with E-state index in [9.17, 15) is 4.79 Å². The summed E-state index contributed by atoms with van der Waals surface area (Å²) < 4.78 is 0. The first-order chi connectivity index (χ1) is 11.7. The maximum absolute atomic E-state index is 10.9. The first-order valence-electron chi connectivity index (χ1n) is 7.72. The van der Waals surface area contributed by atoms with Crippen LogP contribution in [0.25, 0.3) is 33.5 Å². The monoisotopic (exact) mass is 313 g/mol. The van der Waals surface area contributed by atoms with Crippen LogP contribution in [0.2, 0.25) is 0 Å². The largest absolute Gasteiger partial charge is 0.346 e. The van der Waals surface area contributed by atoms with Crippen LogP contribution in [0.5, 0.6) is 0 Å². The molecule has 4 heteroatoms. The summed E-state index contributed by atoms with van der Waals surface area (Å²) in [5.41, 5.74) is 6.22.